The van der Waals surface area contributed by atoms with Crippen molar-refractivity contribution in [2.24, 2.45) is 0 Å². The molecule has 1 aromatic carbocycles. The van der Waals surface area contributed by atoms with Crippen molar-refractivity contribution >= 4 is 17.0 Å². The number of para-hydroxylation sites is 1. The van der Waals surface area contributed by atoms with Gasteiger partial charge in [0.15, 0.2) is 5.82 Å². The number of hydrogen-bond acceptors (Lipinski definition) is 3. The number of fused-ring (bicyclic) bond motifs is 1. The lowest BCUT2D eigenvalue weighted by molar-refractivity contribution is 0.637. The first-order chi connectivity index (χ1) is 9.25. The zero-order valence-corrected chi connectivity index (χ0v) is 10.3. The van der Waals surface area contributed by atoms with Crippen LogP contribution in [0.4, 0.5) is 10.3 Å². The Balaban J connectivity index is 1.93. The van der Waals surface area contributed by atoms with Gasteiger partial charge in [-0.15, -0.1) is 0 Å². The quantitative estimate of drug-likeness (QED) is 0.782. The summed E-state index contributed by atoms with van der Waals surface area (Å²) in [5, 5.41) is 0. The van der Waals surface area contributed by atoms with E-state index in [0.29, 0.717) is 18.0 Å². The monoisotopic (exact) mass is 256 g/mol. The molecule has 0 unspecified atom stereocenters. The molecule has 3 aromatic rings. The third kappa shape index (κ3) is 2.14. The predicted octanol–water partition coefficient (Wildman–Crippen LogP) is 2.40. The molecule has 2 aromatic heterocycles. The number of hydrogen-bond donors (Lipinski definition) is 1. The van der Waals surface area contributed by atoms with Crippen LogP contribution in [0, 0.1) is 5.82 Å². The second kappa shape index (κ2) is 4.68. The van der Waals surface area contributed by atoms with Gasteiger partial charge < -0.3 is 10.3 Å². The second-order valence-electron chi connectivity index (χ2n) is 4.34. The highest BCUT2D eigenvalue weighted by Gasteiger charge is 2.11. The Morgan fingerprint density at radius 2 is 2.11 bits per heavy atom. The van der Waals surface area contributed by atoms with Crippen molar-refractivity contribution < 1.29 is 4.39 Å². The van der Waals surface area contributed by atoms with E-state index in [9.17, 15) is 4.39 Å². The van der Waals surface area contributed by atoms with Gasteiger partial charge in [0.25, 0.3) is 0 Å². The number of aromatic nitrogens is 3. The van der Waals surface area contributed by atoms with E-state index < -0.39 is 0 Å². The Morgan fingerprint density at radius 3 is 2.89 bits per heavy atom. The van der Waals surface area contributed by atoms with Gasteiger partial charge in [0.2, 0.25) is 5.95 Å². The Bertz CT molecular complexity index is 706. The number of benzene rings is 1. The van der Waals surface area contributed by atoms with Gasteiger partial charge in [-0.05, 0) is 30.2 Å². The maximum absolute atomic E-state index is 13.6. The molecule has 0 saturated carbocycles. The standard InChI is InChI=1S/C14H13FN4/c15-11-4-1-5-12-13(11)18-14(16)19(12)8-6-10-3-2-7-17-9-10/h1-5,7,9H,6,8H2,(H2,16,18). The predicted molar refractivity (Wildman–Crippen MR) is 72.0 cm³/mol. The van der Waals surface area contributed by atoms with Gasteiger partial charge in [-0.2, -0.15) is 0 Å². The Hall–Kier alpha value is -2.43. The Morgan fingerprint density at radius 1 is 1.21 bits per heavy atom. The summed E-state index contributed by atoms with van der Waals surface area (Å²) in [5.41, 5.74) is 8.02. The number of nitrogens with two attached hydrogens (primary N) is 1. The van der Waals surface area contributed by atoms with Crippen LogP contribution in [0.5, 0.6) is 0 Å². The Labute approximate surface area is 109 Å². The average molecular weight is 256 g/mol. The fourth-order valence-electron chi connectivity index (χ4n) is 2.15. The molecule has 2 N–H and O–H groups in total. The summed E-state index contributed by atoms with van der Waals surface area (Å²) in [4.78, 5) is 8.14. The zero-order chi connectivity index (χ0) is 13.2. The SMILES string of the molecule is Nc1nc2c(F)cccc2n1CCc1cccnc1. The van der Waals surface area contributed by atoms with Crippen molar-refractivity contribution in [2.45, 2.75) is 13.0 Å². The van der Waals surface area contributed by atoms with E-state index in [-0.39, 0.29) is 5.82 Å². The highest BCUT2D eigenvalue weighted by molar-refractivity contribution is 5.78. The minimum Gasteiger partial charge on any atom is -0.369 e. The van der Waals surface area contributed by atoms with Gasteiger partial charge >= 0.3 is 0 Å². The van der Waals surface area contributed by atoms with Crippen molar-refractivity contribution in [3.8, 4) is 0 Å². The second-order valence-corrected chi connectivity index (χ2v) is 4.34. The number of nitrogens with zero attached hydrogens (tertiary/aromatic N) is 3. The molecule has 0 amide bonds. The fourth-order valence-corrected chi connectivity index (χ4v) is 2.15. The van der Waals surface area contributed by atoms with Gasteiger partial charge in [0, 0.05) is 18.9 Å². The summed E-state index contributed by atoms with van der Waals surface area (Å²) < 4.78 is 15.4. The molecule has 0 fully saturated rings. The summed E-state index contributed by atoms with van der Waals surface area (Å²) in [6.07, 6.45) is 4.33. The summed E-state index contributed by atoms with van der Waals surface area (Å²) >= 11 is 0. The molecular formula is C14H13FN4. The first-order valence-corrected chi connectivity index (χ1v) is 6.05. The number of pyridine rings is 1. The number of halogens is 1. The number of imidazole rings is 1. The molecule has 3 rings (SSSR count). The normalized spacial score (nSPS) is 11.0. The van der Waals surface area contributed by atoms with Crippen molar-refractivity contribution in [3.05, 3.63) is 54.1 Å². The molecule has 19 heavy (non-hydrogen) atoms. The Kier molecular flexibility index (Phi) is 2.87. The van der Waals surface area contributed by atoms with E-state index in [1.807, 2.05) is 29.0 Å². The first kappa shape index (κ1) is 11.6. The number of aryl methyl sites for hydroxylation is 2. The van der Waals surface area contributed by atoms with E-state index >= 15 is 0 Å². The molecule has 5 heteroatoms. The van der Waals surface area contributed by atoms with Crippen LogP contribution in [0.25, 0.3) is 11.0 Å². The van der Waals surface area contributed by atoms with Gasteiger partial charge in [-0.1, -0.05) is 12.1 Å². The van der Waals surface area contributed by atoms with Crippen LogP contribution in [0.15, 0.2) is 42.7 Å². The molecule has 0 radical (unpaired) electrons. The summed E-state index contributed by atoms with van der Waals surface area (Å²) in [5.74, 6) is -0.00619. The largest absolute Gasteiger partial charge is 0.369 e. The lowest BCUT2D eigenvalue weighted by Crippen LogP contribution is -2.05. The third-order valence-corrected chi connectivity index (χ3v) is 3.11. The average Bonchev–Trinajstić information content (AvgIpc) is 2.75. The lowest BCUT2D eigenvalue weighted by Gasteiger charge is -2.06. The van der Waals surface area contributed by atoms with Gasteiger partial charge in [0.1, 0.15) is 5.52 Å². The molecule has 0 aliphatic heterocycles. The van der Waals surface area contributed by atoms with Crippen molar-refractivity contribution in [1.29, 1.82) is 0 Å². The van der Waals surface area contributed by atoms with E-state index in [4.69, 9.17) is 5.73 Å². The van der Waals surface area contributed by atoms with Crippen LogP contribution in [-0.4, -0.2) is 14.5 Å². The summed E-state index contributed by atoms with van der Waals surface area (Å²) in [6.45, 7) is 0.650. The molecular weight excluding hydrogens is 243 g/mol. The van der Waals surface area contributed by atoms with Crippen LogP contribution in [0.3, 0.4) is 0 Å². The number of anilines is 1. The smallest absolute Gasteiger partial charge is 0.201 e. The summed E-state index contributed by atoms with van der Waals surface area (Å²) in [7, 11) is 0. The molecule has 0 spiro atoms. The minimum absolute atomic E-state index is 0.325. The van der Waals surface area contributed by atoms with Crippen LogP contribution in [0.1, 0.15) is 5.56 Å². The molecule has 0 aliphatic rings. The number of rotatable bonds is 3. The molecule has 0 atom stereocenters. The van der Waals surface area contributed by atoms with Crippen LogP contribution < -0.4 is 5.73 Å². The molecule has 2 heterocycles. The highest BCUT2D eigenvalue weighted by atomic mass is 19.1. The maximum Gasteiger partial charge on any atom is 0.201 e. The first-order valence-electron chi connectivity index (χ1n) is 6.05. The lowest BCUT2D eigenvalue weighted by atomic mass is 10.2. The zero-order valence-electron chi connectivity index (χ0n) is 10.3. The molecule has 0 saturated heterocycles. The van der Waals surface area contributed by atoms with E-state index in [0.717, 1.165) is 17.5 Å². The topological polar surface area (TPSA) is 56.7 Å². The van der Waals surface area contributed by atoms with E-state index in [2.05, 4.69) is 9.97 Å². The minimum atomic E-state index is -0.343. The van der Waals surface area contributed by atoms with E-state index in [1.165, 1.54) is 6.07 Å². The van der Waals surface area contributed by atoms with Gasteiger partial charge in [-0.25, -0.2) is 9.37 Å². The van der Waals surface area contributed by atoms with Gasteiger partial charge in [-0.3, -0.25) is 4.98 Å². The molecule has 0 bridgehead atoms. The van der Waals surface area contributed by atoms with Gasteiger partial charge in [0.05, 0.1) is 5.52 Å². The van der Waals surface area contributed by atoms with Crippen molar-refractivity contribution in [2.75, 3.05) is 5.73 Å². The van der Waals surface area contributed by atoms with Crippen molar-refractivity contribution in [1.82, 2.24) is 14.5 Å². The molecule has 96 valence electrons. The highest BCUT2D eigenvalue weighted by Crippen LogP contribution is 2.20. The van der Waals surface area contributed by atoms with Crippen LogP contribution >= 0.6 is 0 Å². The van der Waals surface area contributed by atoms with Crippen LogP contribution in [0.2, 0.25) is 0 Å². The third-order valence-electron chi connectivity index (χ3n) is 3.11. The summed E-state index contributed by atoms with van der Waals surface area (Å²) in [6, 6.07) is 8.78. The van der Waals surface area contributed by atoms with Crippen molar-refractivity contribution in [3.63, 3.8) is 0 Å². The fraction of sp³-hybridized carbons (Fsp3) is 0.143. The number of nitrogen functional groups attached to an aromatic ring is 1. The van der Waals surface area contributed by atoms with Crippen LogP contribution in [-0.2, 0) is 13.0 Å². The molecule has 0 aliphatic carbocycles. The van der Waals surface area contributed by atoms with E-state index in [1.54, 1.807) is 12.3 Å². The molecule has 4 nitrogen and oxygen atoms in total. The maximum atomic E-state index is 13.6.